The van der Waals surface area contributed by atoms with E-state index in [0.29, 0.717) is 25.3 Å². The fourth-order valence-electron chi connectivity index (χ4n) is 2.86. The van der Waals surface area contributed by atoms with Crippen LogP contribution in [-0.2, 0) is 17.8 Å². The van der Waals surface area contributed by atoms with E-state index in [2.05, 4.69) is 4.98 Å². The van der Waals surface area contributed by atoms with Gasteiger partial charge in [-0.25, -0.2) is 4.98 Å². The highest BCUT2D eigenvalue weighted by molar-refractivity contribution is 5.76. The Morgan fingerprint density at radius 1 is 1.04 bits per heavy atom. The molecule has 0 spiro atoms. The molecule has 1 aromatic heterocycles. The van der Waals surface area contributed by atoms with Crippen molar-refractivity contribution in [3.8, 4) is 11.3 Å². The molecule has 0 bridgehead atoms. The minimum absolute atomic E-state index is 0.114. The van der Waals surface area contributed by atoms with Gasteiger partial charge in [-0.3, -0.25) is 4.79 Å². The van der Waals surface area contributed by atoms with Crippen LogP contribution in [0.15, 0.2) is 71.3 Å². The van der Waals surface area contributed by atoms with Crippen LogP contribution in [0.25, 0.3) is 11.3 Å². The molecule has 3 rings (SSSR count). The first kappa shape index (κ1) is 17.9. The van der Waals surface area contributed by atoms with E-state index in [1.165, 1.54) is 0 Å². The molecule has 1 amide bonds. The SMILES string of the molecule is CC(C)N(Cc1ccccc1)C(=O)CCc1ncc(-c2ccccc2)o1. The molecule has 26 heavy (non-hydrogen) atoms. The molecule has 0 aliphatic carbocycles. The van der Waals surface area contributed by atoms with Crippen molar-refractivity contribution in [2.45, 2.75) is 39.3 Å². The van der Waals surface area contributed by atoms with Crippen molar-refractivity contribution in [1.82, 2.24) is 9.88 Å². The maximum Gasteiger partial charge on any atom is 0.223 e. The number of aromatic nitrogens is 1. The highest BCUT2D eigenvalue weighted by Gasteiger charge is 2.18. The van der Waals surface area contributed by atoms with E-state index >= 15 is 0 Å². The first-order valence-corrected chi connectivity index (χ1v) is 8.97. The van der Waals surface area contributed by atoms with Gasteiger partial charge in [0, 0.05) is 31.0 Å². The van der Waals surface area contributed by atoms with Gasteiger partial charge in [0.25, 0.3) is 0 Å². The Kier molecular flexibility index (Phi) is 5.84. The van der Waals surface area contributed by atoms with Gasteiger partial charge in [0.15, 0.2) is 11.7 Å². The summed E-state index contributed by atoms with van der Waals surface area (Å²) in [4.78, 5) is 18.9. The van der Waals surface area contributed by atoms with Crippen molar-refractivity contribution in [1.29, 1.82) is 0 Å². The molecule has 0 unspecified atom stereocenters. The van der Waals surface area contributed by atoms with Crippen LogP contribution >= 0.6 is 0 Å². The van der Waals surface area contributed by atoms with Crippen LogP contribution in [0.2, 0.25) is 0 Å². The average Bonchev–Trinajstić information content (AvgIpc) is 3.14. The summed E-state index contributed by atoms with van der Waals surface area (Å²) in [5.41, 5.74) is 2.13. The molecule has 4 nitrogen and oxygen atoms in total. The topological polar surface area (TPSA) is 46.3 Å². The fraction of sp³-hybridized carbons (Fsp3) is 0.273. The van der Waals surface area contributed by atoms with Gasteiger partial charge in [-0.15, -0.1) is 0 Å². The molecule has 4 heteroatoms. The average molecular weight is 348 g/mol. The van der Waals surface area contributed by atoms with Crippen molar-refractivity contribution < 1.29 is 9.21 Å². The van der Waals surface area contributed by atoms with Gasteiger partial charge >= 0.3 is 0 Å². The van der Waals surface area contributed by atoms with Crippen LogP contribution < -0.4 is 0 Å². The second-order valence-electron chi connectivity index (χ2n) is 6.59. The molecule has 134 valence electrons. The molecule has 0 saturated heterocycles. The van der Waals surface area contributed by atoms with Crippen LogP contribution in [0, 0.1) is 0 Å². The van der Waals surface area contributed by atoms with Crippen molar-refractivity contribution >= 4 is 5.91 Å². The zero-order valence-corrected chi connectivity index (χ0v) is 15.3. The predicted octanol–water partition coefficient (Wildman–Crippen LogP) is 4.71. The second-order valence-corrected chi connectivity index (χ2v) is 6.59. The number of carbonyl (C=O) groups is 1. The van der Waals surface area contributed by atoms with E-state index in [9.17, 15) is 4.79 Å². The summed E-state index contributed by atoms with van der Waals surface area (Å²) in [5.74, 6) is 1.45. The lowest BCUT2D eigenvalue weighted by Gasteiger charge is -2.27. The van der Waals surface area contributed by atoms with Crippen molar-refractivity contribution in [3.05, 3.63) is 78.3 Å². The second kappa shape index (κ2) is 8.48. The Morgan fingerprint density at radius 3 is 2.35 bits per heavy atom. The summed E-state index contributed by atoms with van der Waals surface area (Å²) < 4.78 is 5.80. The molecule has 0 aliphatic heterocycles. The first-order valence-electron chi connectivity index (χ1n) is 8.97. The number of carbonyl (C=O) groups excluding carboxylic acids is 1. The molecule has 1 heterocycles. The lowest BCUT2D eigenvalue weighted by Crippen LogP contribution is -2.36. The molecule has 0 saturated carbocycles. The minimum atomic E-state index is 0.114. The largest absolute Gasteiger partial charge is 0.441 e. The maximum atomic E-state index is 12.7. The van der Waals surface area contributed by atoms with E-state index in [1.54, 1.807) is 6.20 Å². The monoisotopic (exact) mass is 348 g/mol. The Labute approximate surface area is 154 Å². The first-order chi connectivity index (χ1) is 12.6. The van der Waals surface area contributed by atoms with Gasteiger partial charge < -0.3 is 9.32 Å². The normalized spacial score (nSPS) is 10.9. The maximum absolute atomic E-state index is 12.7. The van der Waals surface area contributed by atoms with Crippen molar-refractivity contribution in [3.63, 3.8) is 0 Å². The Hall–Kier alpha value is -2.88. The van der Waals surface area contributed by atoms with Gasteiger partial charge in [-0.2, -0.15) is 0 Å². The van der Waals surface area contributed by atoms with Gasteiger partial charge in [0.1, 0.15) is 0 Å². The van der Waals surface area contributed by atoms with Crippen molar-refractivity contribution in [2.24, 2.45) is 0 Å². The van der Waals surface area contributed by atoms with Gasteiger partial charge in [0.2, 0.25) is 5.91 Å². The molecule has 0 N–H and O–H groups in total. The Morgan fingerprint density at radius 2 is 1.69 bits per heavy atom. The molecule has 0 atom stereocenters. The lowest BCUT2D eigenvalue weighted by molar-refractivity contribution is -0.133. The number of hydrogen-bond acceptors (Lipinski definition) is 3. The Bertz CT molecular complexity index is 826. The van der Waals surface area contributed by atoms with E-state index in [1.807, 2.05) is 79.4 Å². The highest BCUT2D eigenvalue weighted by atomic mass is 16.4. The zero-order chi connectivity index (χ0) is 18.4. The van der Waals surface area contributed by atoms with Crippen LogP contribution in [0.3, 0.4) is 0 Å². The molecule has 0 aliphatic rings. The Balaban J connectivity index is 1.61. The lowest BCUT2D eigenvalue weighted by atomic mass is 10.1. The molecular formula is C22H24N2O2. The standard InChI is InChI=1S/C22H24N2O2/c1-17(2)24(16-18-9-5-3-6-10-18)22(25)14-13-21-23-15-20(26-21)19-11-7-4-8-12-19/h3-12,15,17H,13-14,16H2,1-2H3. The molecule has 0 fully saturated rings. The number of rotatable bonds is 7. The molecule has 2 aromatic carbocycles. The third-order valence-electron chi connectivity index (χ3n) is 4.30. The van der Waals surface area contributed by atoms with Gasteiger partial charge in [0.05, 0.1) is 6.20 Å². The van der Waals surface area contributed by atoms with E-state index in [-0.39, 0.29) is 11.9 Å². The number of oxazole rings is 1. The van der Waals surface area contributed by atoms with Crippen LogP contribution in [-0.4, -0.2) is 21.8 Å². The molecule has 3 aromatic rings. The summed E-state index contributed by atoms with van der Waals surface area (Å²) in [6.07, 6.45) is 2.61. The minimum Gasteiger partial charge on any atom is -0.441 e. The summed E-state index contributed by atoms with van der Waals surface area (Å²) in [6, 6.07) is 20.1. The third-order valence-corrected chi connectivity index (χ3v) is 4.30. The third kappa shape index (κ3) is 4.60. The van der Waals surface area contributed by atoms with E-state index in [0.717, 1.165) is 16.9 Å². The smallest absolute Gasteiger partial charge is 0.223 e. The number of hydrogen-bond donors (Lipinski definition) is 0. The predicted molar refractivity (Wildman–Crippen MR) is 102 cm³/mol. The van der Waals surface area contributed by atoms with E-state index < -0.39 is 0 Å². The highest BCUT2D eigenvalue weighted by Crippen LogP contribution is 2.20. The number of amides is 1. The number of nitrogens with zero attached hydrogens (tertiary/aromatic N) is 2. The summed E-state index contributed by atoms with van der Waals surface area (Å²) in [7, 11) is 0. The van der Waals surface area contributed by atoms with E-state index in [4.69, 9.17) is 4.42 Å². The molecular weight excluding hydrogens is 324 g/mol. The van der Waals surface area contributed by atoms with Crippen LogP contribution in [0.1, 0.15) is 31.7 Å². The van der Waals surface area contributed by atoms with Crippen LogP contribution in [0.5, 0.6) is 0 Å². The summed E-state index contributed by atoms with van der Waals surface area (Å²) in [6.45, 7) is 4.71. The quantitative estimate of drug-likeness (QED) is 0.621. The molecule has 0 radical (unpaired) electrons. The number of benzene rings is 2. The summed E-state index contributed by atoms with van der Waals surface area (Å²) in [5, 5.41) is 0. The van der Waals surface area contributed by atoms with Crippen LogP contribution in [0.4, 0.5) is 0 Å². The fourth-order valence-corrected chi connectivity index (χ4v) is 2.86. The zero-order valence-electron chi connectivity index (χ0n) is 15.3. The van der Waals surface area contributed by atoms with Gasteiger partial charge in [-0.05, 0) is 19.4 Å². The van der Waals surface area contributed by atoms with Crippen molar-refractivity contribution in [2.75, 3.05) is 0 Å². The van der Waals surface area contributed by atoms with Gasteiger partial charge in [-0.1, -0.05) is 60.7 Å². The number of aryl methyl sites for hydroxylation is 1. The summed E-state index contributed by atoms with van der Waals surface area (Å²) >= 11 is 0.